The first-order valence-electron chi connectivity index (χ1n) is 17.9. The van der Waals surface area contributed by atoms with Gasteiger partial charge < -0.3 is 21.7 Å². The smallest absolute Gasteiger partial charge is 0.163 e. The molecule has 8 nitrogen and oxygen atoms in total. The molecule has 8 rings (SSSR count). The lowest BCUT2D eigenvalue weighted by molar-refractivity contribution is 1.02. The predicted octanol–water partition coefficient (Wildman–Crippen LogP) is 12.4. The second kappa shape index (κ2) is 20.8. The maximum atomic E-state index is 6.37. The van der Waals surface area contributed by atoms with Crippen LogP contribution in [0.3, 0.4) is 0 Å². The lowest BCUT2D eigenvalue weighted by atomic mass is 10.2. The van der Waals surface area contributed by atoms with Gasteiger partial charge in [0.25, 0.3) is 0 Å². The van der Waals surface area contributed by atoms with Crippen LogP contribution in [0.1, 0.15) is 0 Å². The molecule has 0 radical (unpaired) electrons. The average molecular weight is 855 g/mol. The Hall–Kier alpha value is -5.19. The number of hydrogen-bond acceptors (Lipinski definition) is 8. The Bertz CT molecular complexity index is 2540. The predicted molar refractivity (Wildman–Crippen MR) is 242 cm³/mol. The van der Waals surface area contributed by atoms with Crippen molar-refractivity contribution in [3.05, 3.63) is 171 Å². The number of nitrogens with one attached hydrogen (secondary N) is 3. The van der Waals surface area contributed by atoms with Gasteiger partial charge in [0.1, 0.15) is 11.0 Å². The summed E-state index contributed by atoms with van der Waals surface area (Å²) in [7, 11) is 0. The number of rotatable bonds is 10. The Labute approximate surface area is 356 Å². The molecule has 2 heterocycles. The fourth-order valence-electron chi connectivity index (χ4n) is 5.55. The van der Waals surface area contributed by atoms with Crippen LogP contribution in [0.15, 0.2) is 146 Å². The zero-order valence-electron chi connectivity index (χ0n) is 30.4. The first kappa shape index (κ1) is 41.4. The van der Waals surface area contributed by atoms with Gasteiger partial charge in [-0.05, 0) is 84.9 Å². The molecule has 0 unspecified atom stereocenters. The van der Waals surface area contributed by atoms with Crippen LogP contribution in [0.5, 0.6) is 0 Å². The fourth-order valence-corrected chi connectivity index (χ4v) is 6.77. The largest absolute Gasteiger partial charge is 0.384 e. The standard InChI is InChI=1S/C22H18Cl2N4.C14H7Cl3N2.C8H12N2/c23-15-10-11-17(19(24)14-15)22-27-20-9-5-4-8-18(20)21(28-22)26-13-12-25-16-6-2-1-3-7-16;15-8-5-6-9(11(16)7-8)14-18-12-4-2-1-3-10(12)13(17)19-14;9-6-7-10-8-4-2-1-3-5-8/h1-11,14,25H,12-13H2,(H,26,27,28);1-7H;1-5,10H,6-7,9H2. The van der Waals surface area contributed by atoms with E-state index in [0.717, 1.165) is 57.7 Å². The van der Waals surface area contributed by atoms with Gasteiger partial charge in [-0.25, -0.2) is 19.9 Å². The number of benzene rings is 6. The van der Waals surface area contributed by atoms with Crippen LogP contribution in [-0.4, -0.2) is 46.1 Å². The minimum absolute atomic E-state index is 0.409. The minimum Gasteiger partial charge on any atom is -0.384 e. The summed E-state index contributed by atoms with van der Waals surface area (Å²) in [4.78, 5) is 18.2. The van der Waals surface area contributed by atoms with Crippen molar-refractivity contribution in [3.63, 3.8) is 0 Å². The molecule has 0 aliphatic rings. The summed E-state index contributed by atoms with van der Waals surface area (Å²) < 4.78 is 0. The molecule has 0 fully saturated rings. The molecule has 6 aromatic carbocycles. The molecule has 2 aromatic heterocycles. The molecule has 57 heavy (non-hydrogen) atoms. The Balaban J connectivity index is 0.000000162. The van der Waals surface area contributed by atoms with E-state index in [1.807, 2.05) is 115 Å². The van der Waals surface area contributed by atoms with E-state index in [2.05, 4.69) is 30.9 Å². The Kier molecular flexibility index (Phi) is 15.1. The monoisotopic (exact) mass is 852 g/mol. The number of aromatic nitrogens is 4. The van der Waals surface area contributed by atoms with Gasteiger partial charge in [0.05, 0.1) is 21.1 Å². The highest BCUT2D eigenvalue weighted by Gasteiger charge is 2.13. The van der Waals surface area contributed by atoms with Gasteiger partial charge >= 0.3 is 0 Å². The molecule has 0 atom stereocenters. The van der Waals surface area contributed by atoms with E-state index in [1.54, 1.807) is 30.3 Å². The molecule has 5 N–H and O–H groups in total. The zero-order valence-corrected chi connectivity index (χ0v) is 34.2. The van der Waals surface area contributed by atoms with Crippen LogP contribution in [0, 0.1) is 0 Å². The SMILES string of the molecule is Clc1ccc(-c2nc(Cl)c3ccccc3n2)c(Cl)c1.Clc1ccc(-c2nc(NCCNc3ccccc3)c3ccccc3n2)c(Cl)c1.NCCNc1ccccc1. The van der Waals surface area contributed by atoms with E-state index in [1.165, 1.54) is 0 Å². The lowest BCUT2D eigenvalue weighted by Crippen LogP contribution is -2.15. The van der Waals surface area contributed by atoms with Crippen molar-refractivity contribution < 1.29 is 0 Å². The third-order valence-electron chi connectivity index (χ3n) is 8.27. The van der Waals surface area contributed by atoms with Crippen molar-refractivity contribution in [2.24, 2.45) is 5.73 Å². The van der Waals surface area contributed by atoms with E-state index in [-0.39, 0.29) is 0 Å². The van der Waals surface area contributed by atoms with Gasteiger partial charge in [-0.2, -0.15) is 0 Å². The Morgan fingerprint density at radius 1 is 0.439 bits per heavy atom. The normalized spacial score (nSPS) is 10.6. The first-order valence-corrected chi connectivity index (χ1v) is 19.8. The number of nitrogens with two attached hydrogens (primary N) is 1. The molecule has 0 spiro atoms. The summed E-state index contributed by atoms with van der Waals surface area (Å²) in [6, 6.07) is 46.1. The van der Waals surface area contributed by atoms with Crippen molar-refractivity contribution in [3.8, 4) is 22.8 Å². The van der Waals surface area contributed by atoms with Crippen LogP contribution in [0.2, 0.25) is 25.2 Å². The Morgan fingerprint density at radius 3 is 1.44 bits per heavy atom. The molecule has 0 amide bonds. The van der Waals surface area contributed by atoms with Gasteiger partial charge in [-0.3, -0.25) is 0 Å². The highest BCUT2D eigenvalue weighted by molar-refractivity contribution is 6.37. The number of nitrogens with zero attached hydrogens (tertiary/aromatic N) is 4. The molecule has 13 heteroatoms. The second-order valence-electron chi connectivity index (χ2n) is 12.3. The number of halogens is 5. The molecule has 0 bridgehead atoms. The van der Waals surface area contributed by atoms with Gasteiger partial charge in [0.15, 0.2) is 11.6 Å². The van der Waals surface area contributed by atoms with Crippen LogP contribution in [0.4, 0.5) is 17.2 Å². The fraction of sp³-hybridized carbons (Fsp3) is 0.0909. The quantitative estimate of drug-likeness (QED) is 0.0794. The summed E-state index contributed by atoms with van der Waals surface area (Å²) in [5, 5.41) is 14.3. The number of para-hydroxylation sites is 4. The molecular weight excluding hydrogens is 818 g/mol. The van der Waals surface area contributed by atoms with Gasteiger partial charge in [0.2, 0.25) is 0 Å². The topological polar surface area (TPSA) is 114 Å². The Morgan fingerprint density at radius 2 is 0.895 bits per heavy atom. The summed E-state index contributed by atoms with van der Waals surface area (Å²) >= 11 is 30.6. The molecule has 0 aliphatic heterocycles. The molecule has 288 valence electrons. The van der Waals surface area contributed by atoms with Crippen LogP contribution < -0.4 is 21.7 Å². The number of hydrogen-bond donors (Lipinski definition) is 4. The van der Waals surface area contributed by atoms with Crippen molar-refractivity contribution in [2.45, 2.75) is 0 Å². The summed E-state index contributed by atoms with van der Waals surface area (Å²) in [6.07, 6.45) is 0. The number of anilines is 3. The van der Waals surface area contributed by atoms with E-state index in [4.69, 9.17) is 68.7 Å². The summed E-state index contributed by atoms with van der Waals surface area (Å²) in [5.41, 5.74) is 10.6. The van der Waals surface area contributed by atoms with Crippen LogP contribution in [-0.2, 0) is 0 Å². The maximum absolute atomic E-state index is 6.37. The van der Waals surface area contributed by atoms with Crippen LogP contribution >= 0.6 is 58.0 Å². The van der Waals surface area contributed by atoms with E-state index < -0.39 is 0 Å². The molecule has 0 saturated carbocycles. The maximum Gasteiger partial charge on any atom is 0.163 e. The zero-order chi connectivity index (χ0) is 40.0. The molecule has 0 saturated heterocycles. The second-order valence-corrected chi connectivity index (χ2v) is 14.4. The van der Waals surface area contributed by atoms with E-state index >= 15 is 0 Å². The van der Waals surface area contributed by atoms with Gasteiger partial charge in [0, 0.05) is 69.5 Å². The third-order valence-corrected chi connectivity index (χ3v) is 9.66. The highest BCUT2D eigenvalue weighted by Crippen LogP contribution is 2.32. The van der Waals surface area contributed by atoms with Crippen molar-refractivity contribution >= 4 is 97.0 Å². The third kappa shape index (κ3) is 11.7. The van der Waals surface area contributed by atoms with Gasteiger partial charge in [-0.1, -0.05) is 119 Å². The average Bonchev–Trinajstić information content (AvgIpc) is 3.23. The summed E-state index contributed by atoms with van der Waals surface area (Å²) in [5.74, 6) is 1.84. The van der Waals surface area contributed by atoms with Crippen molar-refractivity contribution in [1.29, 1.82) is 0 Å². The highest BCUT2D eigenvalue weighted by atomic mass is 35.5. The molecular formula is C44H37Cl5N8. The van der Waals surface area contributed by atoms with Gasteiger partial charge in [-0.15, -0.1) is 0 Å². The first-order chi connectivity index (χ1) is 27.8. The lowest BCUT2D eigenvalue weighted by Gasteiger charge is -2.12. The van der Waals surface area contributed by atoms with Crippen molar-refractivity contribution in [2.75, 3.05) is 42.1 Å². The van der Waals surface area contributed by atoms with E-state index in [9.17, 15) is 0 Å². The van der Waals surface area contributed by atoms with E-state index in [0.29, 0.717) is 55.5 Å². The van der Waals surface area contributed by atoms with Crippen molar-refractivity contribution in [1.82, 2.24) is 19.9 Å². The number of fused-ring (bicyclic) bond motifs is 2. The summed E-state index contributed by atoms with van der Waals surface area (Å²) in [6.45, 7) is 2.99. The minimum atomic E-state index is 0.409. The van der Waals surface area contributed by atoms with Crippen LogP contribution in [0.25, 0.3) is 44.6 Å². The molecule has 0 aliphatic carbocycles. The molecule has 8 aromatic rings.